The van der Waals surface area contributed by atoms with Crippen LogP contribution in [0.25, 0.3) is 11.6 Å². The Morgan fingerprint density at radius 1 is 1.36 bits per heavy atom. The van der Waals surface area contributed by atoms with E-state index in [9.17, 15) is 9.59 Å². The molecule has 7 heteroatoms. The van der Waals surface area contributed by atoms with Crippen molar-refractivity contribution < 1.29 is 9.59 Å². The van der Waals surface area contributed by atoms with Crippen LogP contribution in [0.4, 0.5) is 5.00 Å². The molecule has 2 aliphatic rings. The van der Waals surface area contributed by atoms with E-state index in [2.05, 4.69) is 20.5 Å². The summed E-state index contributed by atoms with van der Waals surface area (Å²) in [5.41, 5.74) is 2.25. The van der Waals surface area contributed by atoms with Gasteiger partial charge in [-0.25, -0.2) is 0 Å². The van der Waals surface area contributed by atoms with Gasteiger partial charge in [-0.15, -0.1) is 11.3 Å². The molecule has 0 atom stereocenters. The van der Waals surface area contributed by atoms with E-state index in [1.54, 1.807) is 6.07 Å². The molecule has 2 aromatic rings. The van der Waals surface area contributed by atoms with Crippen LogP contribution in [-0.2, 0) is 4.79 Å². The standard InChI is InChI=1S/C18H20N4O2S/c23-16-13(10-12-4-3-5-19-12)14-11-15(25-18(14)21-16)17(24)20-6-9-22-7-1-2-8-22/h3-5,10-11,19H,1-2,6-9H2,(H,20,24)(H,21,23)/b13-10-. The van der Waals surface area contributed by atoms with E-state index in [0.717, 1.165) is 35.9 Å². The second kappa shape index (κ2) is 6.85. The van der Waals surface area contributed by atoms with Gasteiger partial charge in [0.1, 0.15) is 5.00 Å². The van der Waals surface area contributed by atoms with Crippen molar-refractivity contribution in [2.24, 2.45) is 0 Å². The molecule has 4 rings (SSSR count). The third-order valence-corrected chi connectivity index (χ3v) is 5.60. The first kappa shape index (κ1) is 16.1. The first-order valence-electron chi connectivity index (χ1n) is 8.52. The third-order valence-electron chi connectivity index (χ3n) is 4.55. The highest BCUT2D eigenvalue weighted by Crippen LogP contribution is 2.39. The number of amides is 2. The van der Waals surface area contributed by atoms with E-state index in [1.165, 1.54) is 24.2 Å². The van der Waals surface area contributed by atoms with Crippen LogP contribution in [0.1, 0.15) is 33.8 Å². The molecule has 0 aliphatic carbocycles. The molecule has 2 amide bonds. The van der Waals surface area contributed by atoms with Gasteiger partial charge in [0.2, 0.25) is 0 Å². The Labute approximate surface area is 149 Å². The number of likely N-dealkylation sites (tertiary alicyclic amines) is 1. The maximum atomic E-state index is 12.4. The van der Waals surface area contributed by atoms with E-state index in [4.69, 9.17) is 0 Å². The highest BCUT2D eigenvalue weighted by molar-refractivity contribution is 7.18. The van der Waals surface area contributed by atoms with Gasteiger partial charge in [-0.3, -0.25) is 9.59 Å². The number of nitrogens with zero attached hydrogens (tertiary/aromatic N) is 1. The molecule has 25 heavy (non-hydrogen) atoms. The first-order chi connectivity index (χ1) is 12.2. The lowest BCUT2D eigenvalue weighted by Crippen LogP contribution is -2.33. The highest BCUT2D eigenvalue weighted by Gasteiger charge is 2.28. The largest absolute Gasteiger partial charge is 0.362 e. The van der Waals surface area contributed by atoms with Crippen LogP contribution in [-0.4, -0.2) is 47.9 Å². The average molecular weight is 356 g/mol. The third kappa shape index (κ3) is 3.38. The van der Waals surface area contributed by atoms with E-state index in [0.29, 0.717) is 17.0 Å². The van der Waals surface area contributed by atoms with E-state index < -0.39 is 0 Å². The molecule has 1 fully saturated rings. The zero-order chi connectivity index (χ0) is 17.2. The Morgan fingerprint density at radius 3 is 2.96 bits per heavy atom. The van der Waals surface area contributed by atoms with E-state index in [1.807, 2.05) is 24.4 Å². The number of nitrogens with one attached hydrogen (secondary N) is 3. The van der Waals surface area contributed by atoms with Gasteiger partial charge in [0, 0.05) is 30.5 Å². The van der Waals surface area contributed by atoms with E-state index >= 15 is 0 Å². The Hall–Kier alpha value is -2.38. The van der Waals surface area contributed by atoms with Crippen molar-refractivity contribution in [1.82, 2.24) is 15.2 Å². The van der Waals surface area contributed by atoms with Gasteiger partial charge in [0.05, 0.1) is 10.5 Å². The predicted molar refractivity (Wildman–Crippen MR) is 99.6 cm³/mol. The van der Waals surface area contributed by atoms with Gasteiger partial charge in [0.15, 0.2) is 0 Å². The summed E-state index contributed by atoms with van der Waals surface area (Å²) < 4.78 is 0. The number of aromatic nitrogens is 1. The summed E-state index contributed by atoms with van der Waals surface area (Å²) >= 11 is 1.32. The summed E-state index contributed by atoms with van der Waals surface area (Å²) in [6.07, 6.45) is 6.12. The average Bonchev–Trinajstić information content (AvgIpc) is 3.36. The van der Waals surface area contributed by atoms with Gasteiger partial charge in [0.25, 0.3) is 11.8 Å². The number of H-pyrrole nitrogens is 1. The minimum absolute atomic E-state index is 0.0768. The molecular weight excluding hydrogens is 336 g/mol. The molecule has 0 radical (unpaired) electrons. The van der Waals surface area contributed by atoms with Crippen molar-refractivity contribution in [2.45, 2.75) is 12.8 Å². The van der Waals surface area contributed by atoms with Gasteiger partial charge in [-0.1, -0.05) is 0 Å². The topological polar surface area (TPSA) is 77.2 Å². The molecule has 0 saturated carbocycles. The van der Waals surface area contributed by atoms with Gasteiger partial charge in [-0.05, 0) is 50.2 Å². The van der Waals surface area contributed by atoms with Crippen molar-refractivity contribution in [2.75, 3.05) is 31.5 Å². The molecule has 0 aromatic carbocycles. The van der Waals surface area contributed by atoms with Crippen molar-refractivity contribution in [3.63, 3.8) is 0 Å². The zero-order valence-corrected chi connectivity index (χ0v) is 14.6. The van der Waals surface area contributed by atoms with Crippen LogP contribution in [0.15, 0.2) is 24.4 Å². The quantitative estimate of drug-likeness (QED) is 0.720. The zero-order valence-electron chi connectivity index (χ0n) is 13.8. The molecule has 130 valence electrons. The molecule has 2 aliphatic heterocycles. The smallest absolute Gasteiger partial charge is 0.261 e. The Bertz CT molecular complexity index is 816. The number of fused-ring (bicyclic) bond motifs is 1. The number of rotatable bonds is 5. The fourth-order valence-corrected chi connectivity index (χ4v) is 4.23. The second-order valence-corrected chi connectivity index (χ2v) is 7.35. The van der Waals surface area contributed by atoms with Crippen molar-refractivity contribution in [1.29, 1.82) is 0 Å². The summed E-state index contributed by atoms with van der Waals surface area (Å²) in [7, 11) is 0. The lowest BCUT2D eigenvalue weighted by atomic mass is 10.1. The number of hydrogen-bond donors (Lipinski definition) is 3. The van der Waals surface area contributed by atoms with Crippen LogP contribution in [0.5, 0.6) is 0 Å². The fourth-order valence-electron chi connectivity index (χ4n) is 3.24. The monoisotopic (exact) mass is 356 g/mol. The molecule has 6 nitrogen and oxygen atoms in total. The molecule has 0 spiro atoms. The number of carbonyl (C=O) groups excluding carboxylic acids is 2. The summed E-state index contributed by atoms with van der Waals surface area (Å²) in [6.45, 7) is 3.80. The minimum atomic E-state index is -0.128. The Kier molecular flexibility index (Phi) is 4.42. The molecule has 4 heterocycles. The van der Waals surface area contributed by atoms with Crippen molar-refractivity contribution in [3.8, 4) is 0 Å². The van der Waals surface area contributed by atoms with Gasteiger partial charge >= 0.3 is 0 Å². The lowest BCUT2D eigenvalue weighted by molar-refractivity contribution is -0.110. The molecule has 2 aromatic heterocycles. The number of anilines is 1. The van der Waals surface area contributed by atoms with Crippen LogP contribution in [0.2, 0.25) is 0 Å². The number of aromatic amines is 1. The fraction of sp³-hybridized carbons (Fsp3) is 0.333. The maximum absolute atomic E-state index is 12.4. The maximum Gasteiger partial charge on any atom is 0.261 e. The normalized spacial score (nSPS) is 18.6. The second-order valence-electron chi connectivity index (χ2n) is 6.30. The predicted octanol–water partition coefficient (Wildman–Crippen LogP) is 2.39. The lowest BCUT2D eigenvalue weighted by Gasteiger charge is -2.14. The molecular formula is C18H20N4O2S. The van der Waals surface area contributed by atoms with Crippen LogP contribution >= 0.6 is 11.3 Å². The Morgan fingerprint density at radius 2 is 2.20 bits per heavy atom. The van der Waals surface area contributed by atoms with Crippen LogP contribution in [0.3, 0.4) is 0 Å². The van der Waals surface area contributed by atoms with Gasteiger partial charge in [-0.2, -0.15) is 0 Å². The van der Waals surface area contributed by atoms with Gasteiger partial charge < -0.3 is 20.5 Å². The van der Waals surface area contributed by atoms with Crippen LogP contribution < -0.4 is 10.6 Å². The molecule has 0 unspecified atom stereocenters. The molecule has 1 saturated heterocycles. The minimum Gasteiger partial charge on any atom is -0.362 e. The highest BCUT2D eigenvalue weighted by atomic mass is 32.1. The number of carbonyl (C=O) groups is 2. The molecule has 3 N–H and O–H groups in total. The number of hydrogen-bond acceptors (Lipinski definition) is 4. The SMILES string of the molecule is O=C1Nc2sc(C(=O)NCCN3CCCC3)cc2/C1=C/c1ccc[nH]1. The number of thiophene rings is 1. The summed E-state index contributed by atoms with van der Waals surface area (Å²) in [4.78, 5) is 30.6. The summed E-state index contributed by atoms with van der Waals surface area (Å²) in [5.74, 6) is -0.205. The van der Waals surface area contributed by atoms with Crippen molar-refractivity contribution in [3.05, 3.63) is 40.5 Å². The summed E-state index contributed by atoms with van der Waals surface area (Å²) in [5, 5.41) is 6.57. The van der Waals surface area contributed by atoms with Crippen LogP contribution in [0, 0.1) is 0 Å². The Balaban J connectivity index is 1.44. The van der Waals surface area contributed by atoms with E-state index in [-0.39, 0.29) is 11.8 Å². The first-order valence-corrected chi connectivity index (χ1v) is 9.33. The summed E-state index contributed by atoms with van der Waals surface area (Å²) in [6, 6.07) is 5.58. The van der Waals surface area contributed by atoms with Crippen molar-refractivity contribution >= 4 is 39.8 Å². The molecule has 0 bridgehead atoms.